The largest absolute Gasteiger partial charge is 0.367 e. The molecule has 1 aromatic rings. The first-order chi connectivity index (χ1) is 6.25. The first kappa shape index (κ1) is 8.51. The molecule has 1 heterocycles. The average molecular weight is 177 g/mol. The number of nitrogens with one attached hydrogen (secondary N) is 1. The Morgan fingerprint density at radius 2 is 2.31 bits per heavy atom. The zero-order valence-electron chi connectivity index (χ0n) is 7.83. The molecule has 3 nitrogen and oxygen atoms in total. The van der Waals surface area contributed by atoms with Crippen LogP contribution >= 0.6 is 0 Å². The number of nitrogens with two attached hydrogens (primary N) is 1. The molecule has 0 bridgehead atoms. The van der Waals surface area contributed by atoms with Crippen LogP contribution in [0.25, 0.3) is 0 Å². The number of anilines is 1. The summed E-state index contributed by atoms with van der Waals surface area (Å²) >= 11 is 0. The second-order valence-electron chi connectivity index (χ2n) is 3.68. The van der Waals surface area contributed by atoms with Gasteiger partial charge in [0.05, 0.1) is 0 Å². The van der Waals surface area contributed by atoms with E-state index in [-0.39, 0.29) is 6.04 Å². The molecule has 1 atom stereocenters. The van der Waals surface area contributed by atoms with Gasteiger partial charge in [-0.3, -0.25) is 0 Å². The summed E-state index contributed by atoms with van der Waals surface area (Å²) in [6, 6.07) is 4.76. The van der Waals surface area contributed by atoms with Gasteiger partial charge in [-0.05, 0) is 31.4 Å². The molecular formula is C10H15N3. The molecule has 0 amide bonds. The zero-order valence-corrected chi connectivity index (χ0v) is 7.83. The Morgan fingerprint density at radius 1 is 1.54 bits per heavy atom. The Bertz CT molecular complexity index is 275. The summed E-state index contributed by atoms with van der Waals surface area (Å²) < 4.78 is 0. The van der Waals surface area contributed by atoms with Gasteiger partial charge in [0, 0.05) is 18.3 Å². The van der Waals surface area contributed by atoms with Crippen LogP contribution in [0.2, 0.25) is 0 Å². The Labute approximate surface area is 78.4 Å². The number of aromatic nitrogens is 1. The molecule has 1 aliphatic carbocycles. The van der Waals surface area contributed by atoms with Crippen LogP contribution in [-0.4, -0.2) is 11.0 Å². The summed E-state index contributed by atoms with van der Waals surface area (Å²) in [4.78, 5) is 4.29. The minimum Gasteiger partial charge on any atom is -0.367 e. The summed E-state index contributed by atoms with van der Waals surface area (Å²) in [6.45, 7) is 1.96. The summed E-state index contributed by atoms with van der Waals surface area (Å²) in [7, 11) is 0. The van der Waals surface area contributed by atoms with Crippen molar-refractivity contribution in [2.45, 2.75) is 31.8 Å². The predicted molar refractivity (Wildman–Crippen MR) is 53.5 cm³/mol. The Kier molecular flexibility index (Phi) is 2.19. The third kappa shape index (κ3) is 2.18. The molecule has 3 N–H and O–H groups in total. The number of hydrogen-bond acceptors (Lipinski definition) is 3. The van der Waals surface area contributed by atoms with Crippen molar-refractivity contribution in [2.24, 2.45) is 5.73 Å². The van der Waals surface area contributed by atoms with Crippen LogP contribution in [0.4, 0.5) is 5.82 Å². The molecular weight excluding hydrogens is 162 g/mol. The van der Waals surface area contributed by atoms with Crippen molar-refractivity contribution in [3.05, 3.63) is 23.9 Å². The van der Waals surface area contributed by atoms with Crippen LogP contribution in [0.15, 0.2) is 18.3 Å². The van der Waals surface area contributed by atoms with E-state index in [2.05, 4.69) is 10.3 Å². The molecule has 0 spiro atoms. The average Bonchev–Trinajstić information content (AvgIpc) is 2.89. The van der Waals surface area contributed by atoms with Gasteiger partial charge in [-0.25, -0.2) is 4.98 Å². The van der Waals surface area contributed by atoms with E-state index in [0.717, 1.165) is 11.4 Å². The fourth-order valence-electron chi connectivity index (χ4n) is 1.20. The third-order valence-corrected chi connectivity index (χ3v) is 2.24. The fraction of sp³-hybridized carbons (Fsp3) is 0.500. The van der Waals surface area contributed by atoms with Gasteiger partial charge in [0.15, 0.2) is 0 Å². The lowest BCUT2D eigenvalue weighted by atomic mass is 10.1. The minimum absolute atomic E-state index is 0.0717. The van der Waals surface area contributed by atoms with E-state index in [9.17, 15) is 0 Å². The third-order valence-electron chi connectivity index (χ3n) is 2.24. The summed E-state index contributed by atoms with van der Waals surface area (Å²) in [5.41, 5.74) is 6.80. The van der Waals surface area contributed by atoms with Crippen molar-refractivity contribution >= 4 is 5.82 Å². The van der Waals surface area contributed by atoms with Gasteiger partial charge >= 0.3 is 0 Å². The maximum Gasteiger partial charge on any atom is 0.126 e. The number of nitrogens with zero attached hydrogens (tertiary/aromatic N) is 1. The SMILES string of the molecule is C[C@@H](N)c1ccc(NC2CC2)nc1. The molecule has 70 valence electrons. The summed E-state index contributed by atoms with van der Waals surface area (Å²) in [6.07, 6.45) is 4.39. The van der Waals surface area contributed by atoms with Gasteiger partial charge in [-0.1, -0.05) is 6.07 Å². The molecule has 2 rings (SSSR count). The molecule has 1 fully saturated rings. The lowest BCUT2D eigenvalue weighted by Gasteiger charge is -2.06. The molecule has 3 heteroatoms. The van der Waals surface area contributed by atoms with E-state index in [1.165, 1.54) is 12.8 Å². The van der Waals surface area contributed by atoms with Crippen molar-refractivity contribution in [1.82, 2.24) is 4.98 Å². The normalized spacial score (nSPS) is 18.3. The monoisotopic (exact) mass is 177 g/mol. The lowest BCUT2D eigenvalue weighted by molar-refractivity contribution is 0.811. The van der Waals surface area contributed by atoms with Crippen LogP contribution in [0.3, 0.4) is 0 Å². The van der Waals surface area contributed by atoms with Crippen molar-refractivity contribution in [2.75, 3.05) is 5.32 Å². The quantitative estimate of drug-likeness (QED) is 0.738. The van der Waals surface area contributed by atoms with E-state index >= 15 is 0 Å². The van der Waals surface area contributed by atoms with Gasteiger partial charge in [-0.2, -0.15) is 0 Å². The molecule has 0 radical (unpaired) electrons. The first-order valence-corrected chi connectivity index (χ1v) is 4.74. The standard InChI is InChI=1S/C10H15N3/c1-7(11)8-2-5-10(12-6-8)13-9-3-4-9/h2,5-7,9H,3-4,11H2,1H3,(H,12,13)/t7-/m1/s1. The smallest absolute Gasteiger partial charge is 0.126 e. The van der Waals surface area contributed by atoms with E-state index in [1.807, 2.05) is 25.3 Å². The number of hydrogen-bond donors (Lipinski definition) is 2. The van der Waals surface area contributed by atoms with Crippen LogP contribution in [0, 0.1) is 0 Å². The van der Waals surface area contributed by atoms with Crippen LogP contribution in [0.5, 0.6) is 0 Å². The van der Waals surface area contributed by atoms with Crippen molar-refractivity contribution in [3.63, 3.8) is 0 Å². The zero-order chi connectivity index (χ0) is 9.26. The van der Waals surface area contributed by atoms with Crippen molar-refractivity contribution in [1.29, 1.82) is 0 Å². The number of rotatable bonds is 3. The van der Waals surface area contributed by atoms with Crippen molar-refractivity contribution < 1.29 is 0 Å². The highest BCUT2D eigenvalue weighted by Crippen LogP contribution is 2.23. The van der Waals surface area contributed by atoms with Gasteiger partial charge in [-0.15, -0.1) is 0 Å². The minimum atomic E-state index is 0.0717. The molecule has 1 aliphatic rings. The van der Waals surface area contributed by atoms with Gasteiger partial charge in [0.25, 0.3) is 0 Å². The molecule has 1 aromatic heterocycles. The molecule has 13 heavy (non-hydrogen) atoms. The number of pyridine rings is 1. The maximum atomic E-state index is 5.72. The van der Waals surface area contributed by atoms with Gasteiger partial charge in [0.1, 0.15) is 5.82 Å². The molecule has 0 unspecified atom stereocenters. The van der Waals surface area contributed by atoms with Crippen LogP contribution < -0.4 is 11.1 Å². The second kappa shape index (κ2) is 3.34. The molecule has 1 saturated carbocycles. The highest BCUT2D eigenvalue weighted by atomic mass is 15.0. The van der Waals surface area contributed by atoms with E-state index in [4.69, 9.17) is 5.73 Å². The molecule has 0 aliphatic heterocycles. The second-order valence-corrected chi connectivity index (χ2v) is 3.68. The highest BCUT2D eigenvalue weighted by Gasteiger charge is 2.20. The first-order valence-electron chi connectivity index (χ1n) is 4.74. The van der Waals surface area contributed by atoms with E-state index in [1.54, 1.807) is 0 Å². The lowest BCUT2D eigenvalue weighted by Crippen LogP contribution is -2.07. The van der Waals surface area contributed by atoms with Crippen LogP contribution in [0.1, 0.15) is 31.4 Å². The highest BCUT2D eigenvalue weighted by molar-refractivity contribution is 5.38. The summed E-state index contributed by atoms with van der Waals surface area (Å²) in [5, 5.41) is 3.33. The Balaban J connectivity index is 2.04. The van der Waals surface area contributed by atoms with E-state index < -0.39 is 0 Å². The Hall–Kier alpha value is -1.09. The van der Waals surface area contributed by atoms with Gasteiger partial charge < -0.3 is 11.1 Å². The topological polar surface area (TPSA) is 50.9 Å². The predicted octanol–water partition coefficient (Wildman–Crippen LogP) is 1.68. The molecule has 0 saturated heterocycles. The molecule has 0 aromatic carbocycles. The Morgan fingerprint density at radius 3 is 2.77 bits per heavy atom. The van der Waals surface area contributed by atoms with Crippen molar-refractivity contribution in [3.8, 4) is 0 Å². The van der Waals surface area contributed by atoms with Gasteiger partial charge in [0.2, 0.25) is 0 Å². The maximum absolute atomic E-state index is 5.72. The fourth-order valence-corrected chi connectivity index (χ4v) is 1.20. The summed E-state index contributed by atoms with van der Waals surface area (Å²) in [5.74, 6) is 0.965. The van der Waals surface area contributed by atoms with E-state index in [0.29, 0.717) is 6.04 Å². The van der Waals surface area contributed by atoms with Crippen LogP contribution in [-0.2, 0) is 0 Å².